The number of fused-ring (bicyclic) bond motifs is 2. The summed E-state index contributed by atoms with van der Waals surface area (Å²) in [6, 6.07) is 27.8. The molecule has 1 aliphatic heterocycles. The van der Waals surface area contributed by atoms with Crippen molar-refractivity contribution in [1.82, 2.24) is 14.8 Å². The molecule has 34 heavy (non-hydrogen) atoms. The molecule has 5 aromatic rings. The van der Waals surface area contributed by atoms with Crippen LogP contribution in [-0.4, -0.2) is 34.2 Å². The summed E-state index contributed by atoms with van der Waals surface area (Å²) in [5, 5.41) is 10.4. The maximum Gasteiger partial charge on any atom is 0.162 e. The van der Waals surface area contributed by atoms with E-state index in [-0.39, 0.29) is 0 Å². The topological polar surface area (TPSA) is 73.6 Å². The van der Waals surface area contributed by atoms with Crippen LogP contribution >= 0.6 is 0 Å². The van der Waals surface area contributed by atoms with Crippen molar-refractivity contribution in [2.75, 3.05) is 18.6 Å². The molecule has 0 bridgehead atoms. The zero-order valence-electron chi connectivity index (χ0n) is 18.3. The largest absolute Gasteiger partial charge is 0.486 e. The van der Waals surface area contributed by atoms with Crippen molar-refractivity contribution in [1.29, 1.82) is 0 Å². The predicted octanol–water partition coefficient (Wildman–Crippen LogP) is 5.30. The van der Waals surface area contributed by atoms with Crippen LogP contribution in [0.3, 0.4) is 0 Å². The lowest BCUT2D eigenvalue weighted by Crippen LogP contribution is -2.15. The van der Waals surface area contributed by atoms with Gasteiger partial charge in [-0.3, -0.25) is 5.43 Å². The van der Waals surface area contributed by atoms with E-state index in [1.54, 1.807) is 6.21 Å². The summed E-state index contributed by atoms with van der Waals surface area (Å²) in [5.74, 6) is 2.14. The average molecular weight is 447 g/mol. The SMILES string of the molecule is C(=NNc1ccc2ccccc2n1)c1cn(-c2ccccc2)nc1-c1ccc2c(c1)OCCO2. The molecule has 0 aliphatic carbocycles. The van der Waals surface area contributed by atoms with Crippen molar-refractivity contribution in [2.45, 2.75) is 0 Å². The predicted molar refractivity (Wildman–Crippen MR) is 133 cm³/mol. The first-order valence-corrected chi connectivity index (χ1v) is 11.0. The van der Waals surface area contributed by atoms with Crippen LogP contribution in [0.4, 0.5) is 5.82 Å². The van der Waals surface area contributed by atoms with Gasteiger partial charge < -0.3 is 9.47 Å². The Bertz CT molecular complexity index is 1490. The summed E-state index contributed by atoms with van der Waals surface area (Å²) >= 11 is 0. The summed E-state index contributed by atoms with van der Waals surface area (Å²) in [4.78, 5) is 4.61. The number of ether oxygens (including phenoxy) is 2. The molecule has 166 valence electrons. The van der Waals surface area contributed by atoms with Crippen LogP contribution in [0.5, 0.6) is 11.5 Å². The smallest absolute Gasteiger partial charge is 0.162 e. The molecular weight excluding hydrogens is 426 g/mol. The third kappa shape index (κ3) is 3.95. The maximum absolute atomic E-state index is 5.78. The molecule has 3 aromatic carbocycles. The number of aromatic nitrogens is 3. The van der Waals surface area contributed by atoms with Gasteiger partial charge in [0.15, 0.2) is 11.5 Å². The first-order valence-electron chi connectivity index (χ1n) is 11.0. The number of hydrazone groups is 1. The van der Waals surface area contributed by atoms with Crippen LogP contribution in [0.2, 0.25) is 0 Å². The van der Waals surface area contributed by atoms with Gasteiger partial charge in [-0.2, -0.15) is 10.2 Å². The number of pyridine rings is 1. The molecule has 7 nitrogen and oxygen atoms in total. The van der Waals surface area contributed by atoms with Gasteiger partial charge in [0.2, 0.25) is 0 Å². The van der Waals surface area contributed by atoms with Crippen molar-refractivity contribution < 1.29 is 9.47 Å². The fraction of sp³-hybridized carbons (Fsp3) is 0.0741. The standard InChI is InChI=1S/C27H21N5O2/c1-2-7-22(8-3-1)32-18-21(17-28-30-26-13-11-19-6-4-5-9-23(19)29-26)27(31-32)20-10-12-24-25(16-20)34-15-14-33-24/h1-13,16-18H,14-15H2,(H,29,30). The van der Waals surface area contributed by atoms with Crippen LogP contribution in [0, 0.1) is 0 Å². The van der Waals surface area contributed by atoms with E-state index in [0.29, 0.717) is 19.0 Å². The Morgan fingerprint density at radius 2 is 1.68 bits per heavy atom. The van der Waals surface area contributed by atoms with Gasteiger partial charge in [-0.05, 0) is 48.5 Å². The molecule has 0 saturated carbocycles. The monoisotopic (exact) mass is 447 g/mol. The summed E-state index contributed by atoms with van der Waals surface area (Å²) in [7, 11) is 0. The van der Waals surface area contributed by atoms with Gasteiger partial charge in [-0.1, -0.05) is 36.4 Å². The van der Waals surface area contributed by atoms with Crippen molar-refractivity contribution in [3.05, 3.63) is 96.7 Å². The highest BCUT2D eigenvalue weighted by atomic mass is 16.6. The van der Waals surface area contributed by atoms with E-state index >= 15 is 0 Å². The molecule has 7 heteroatoms. The first-order chi connectivity index (χ1) is 16.8. The van der Waals surface area contributed by atoms with Gasteiger partial charge in [0.1, 0.15) is 24.7 Å². The molecule has 0 radical (unpaired) electrons. The number of hydrogen-bond acceptors (Lipinski definition) is 6. The Labute approximate surface area is 196 Å². The number of benzene rings is 3. The number of rotatable bonds is 5. The van der Waals surface area contributed by atoms with Crippen molar-refractivity contribution >= 4 is 22.9 Å². The molecule has 0 saturated heterocycles. The second kappa shape index (κ2) is 8.71. The Morgan fingerprint density at radius 3 is 2.59 bits per heavy atom. The van der Waals surface area contributed by atoms with Crippen molar-refractivity contribution in [3.63, 3.8) is 0 Å². The highest BCUT2D eigenvalue weighted by molar-refractivity contribution is 5.89. The molecule has 0 spiro atoms. The minimum Gasteiger partial charge on any atom is -0.486 e. The second-order valence-electron chi connectivity index (χ2n) is 7.83. The Balaban J connectivity index is 1.35. The van der Waals surface area contributed by atoms with E-state index in [0.717, 1.165) is 44.9 Å². The highest BCUT2D eigenvalue weighted by Crippen LogP contribution is 2.35. The number of nitrogens with one attached hydrogen (secondary N) is 1. The lowest BCUT2D eigenvalue weighted by molar-refractivity contribution is 0.171. The van der Waals surface area contributed by atoms with E-state index in [9.17, 15) is 0 Å². The average Bonchev–Trinajstić information content (AvgIpc) is 3.33. The molecule has 0 unspecified atom stereocenters. The molecule has 0 fully saturated rings. The van der Waals surface area contributed by atoms with Crippen molar-refractivity contribution in [3.8, 4) is 28.4 Å². The first kappa shape index (κ1) is 20.0. The van der Waals surface area contributed by atoms with E-state index in [2.05, 4.69) is 15.5 Å². The maximum atomic E-state index is 5.78. The molecule has 1 aliphatic rings. The highest BCUT2D eigenvalue weighted by Gasteiger charge is 2.16. The van der Waals surface area contributed by atoms with Gasteiger partial charge in [0.25, 0.3) is 0 Å². The van der Waals surface area contributed by atoms with Crippen LogP contribution in [-0.2, 0) is 0 Å². The van der Waals surface area contributed by atoms with Crippen LogP contribution < -0.4 is 14.9 Å². The summed E-state index contributed by atoms with van der Waals surface area (Å²) in [6.07, 6.45) is 3.72. The number of para-hydroxylation sites is 2. The third-order valence-electron chi connectivity index (χ3n) is 5.56. The van der Waals surface area contributed by atoms with Gasteiger partial charge >= 0.3 is 0 Å². The van der Waals surface area contributed by atoms with Gasteiger partial charge in [0, 0.05) is 22.7 Å². The van der Waals surface area contributed by atoms with Gasteiger partial charge in [-0.15, -0.1) is 0 Å². The van der Waals surface area contributed by atoms with Crippen molar-refractivity contribution in [2.24, 2.45) is 5.10 Å². The Morgan fingerprint density at radius 1 is 0.853 bits per heavy atom. The fourth-order valence-corrected chi connectivity index (χ4v) is 3.91. The minimum absolute atomic E-state index is 0.534. The molecule has 1 N–H and O–H groups in total. The summed E-state index contributed by atoms with van der Waals surface area (Å²) in [5.41, 5.74) is 7.48. The van der Waals surface area contributed by atoms with Crippen LogP contribution in [0.25, 0.3) is 27.8 Å². The lowest BCUT2D eigenvalue weighted by atomic mass is 10.1. The molecule has 6 rings (SSSR count). The summed E-state index contributed by atoms with van der Waals surface area (Å²) in [6.45, 7) is 1.09. The molecule has 3 heterocycles. The number of nitrogens with zero attached hydrogens (tertiary/aromatic N) is 4. The normalized spacial score (nSPS) is 12.8. The third-order valence-corrected chi connectivity index (χ3v) is 5.56. The van der Waals surface area contributed by atoms with Crippen LogP contribution in [0.15, 0.2) is 96.2 Å². The second-order valence-corrected chi connectivity index (χ2v) is 7.83. The van der Waals surface area contributed by atoms with E-state index in [4.69, 9.17) is 14.6 Å². The van der Waals surface area contributed by atoms with E-state index < -0.39 is 0 Å². The van der Waals surface area contributed by atoms with E-state index in [1.165, 1.54) is 0 Å². The summed E-state index contributed by atoms with van der Waals surface area (Å²) < 4.78 is 13.3. The van der Waals surface area contributed by atoms with Gasteiger partial charge in [-0.25, -0.2) is 9.67 Å². The molecule has 0 atom stereocenters. The number of anilines is 1. The minimum atomic E-state index is 0.534. The van der Waals surface area contributed by atoms with Gasteiger partial charge in [0.05, 0.1) is 17.4 Å². The fourth-order valence-electron chi connectivity index (χ4n) is 3.91. The zero-order chi connectivity index (χ0) is 22.7. The Hall–Kier alpha value is -4.65. The van der Waals surface area contributed by atoms with Crippen LogP contribution in [0.1, 0.15) is 5.56 Å². The van der Waals surface area contributed by atoms with E-state index in [1.807, 2.05) is 95.8 Å². The molecule has 0 amide bonds. The quantitative estimate of drug-likeness (QED) is 0.292. The molecular formula is C27H21N5O2. The lowest BCUT2D eigenvalue weighted by Gasteiger charge is -2.18. The number of hydrogen-bond donors (Lipinski definition) is 1. The Kier molecular flexibility index (Phi) is 5.12. The molecule has 2 aromatic heterocycles. The zero-order valence-corrected chi connectivity index (χ0v) is 18.3.